The van der Waals surface area contributed by atoms with Crippen molar-refractivity contribution in [1.82, 2.24) is 0 Å². The molecule has 2 bridgehead atoms. The van der Waals surface area contributed by atoms with Gasteiger partial charge in [0.05, 0.1) is 23.4 Å². The third-order valence-electron chi connectivity index (χ3n) is 8.90. The first-order chi connectivity index (χ1) is 19.8. The van der Waals surface area contributed by atoms with Gasteiger partial charge in [-0.05, 0) is 123 Å². The van der Waals surface area contributed by atoms with Crippen molar-refractivity contribution >= 4 is 26.2 Å². The van der Waals surface area contributed by atoms with Crippen LogP contribution in [0, 0.1) is 16.7 Å². The number of rotatable bonds is 11. The molecule has 0 radical (unpaired) electrons. The predicted molar refractivity (Wildman–Crippen MR) is 167 cm³/mol. The molecule has 2 atom stereocenters. The number of ether oxygens (including phenoxy) is 2. The molecule has 0 saturated heterocycles. The minimum Gasteiger partial charge on any atom is -0.491 e. The zero-order valence-electron chi connectivity index (χ0n) is 25.3. The van der Waals surface area contributed by atoms with Crippen LogP contribution in [-0.2, 0) is 18.5 Å². The van der Waals surface area contributed by atoms with Gasteiger partial charge in [0.1, 0.15) is 17.3 Å². The molecule has 2 unspecified atom stereocenters. The zero-order valence-corrected chi connectivity index (χ0v) is 27.0. The number of hydrogen-bond acceptors (Lipinski definition) is 6. The van der Waals surface area contributed by atoms with Crippen molar-refractivity contribution in [1.29, 1.82) is 0 Å². The van der Waals surface area contributed by atoms with E-state index in [1.165, 1.54) is 0 Å². The van der Waals surface area contributed by atoms with Gasteiger partial charge in [-0.1, -0.05) is 32.0 Å². The van der Waals surface area contributed by atoms with Gasteiger partial charge >= 0.3 is 0 Å². The van der Waals surface area contributed by atoms with Crippen molar-refractivity contribution in [2.45, 2.75) is 87.7 Å². The highest BCUT2D eigenvalue weighted by Gasteiger charge is 2.65. The molecule has 0 aliphatic heterocycles. The highest BCUT2D eigenvalue weighted by atomic mass is 32.3. The minimum absolute atomic E-state index is 0.00555. The summed E-state index contributed by atoms with van der Waals surface area (Å²) in [6.45, 7) is 11.9. The zero-order chi connectivity index (χ0) is 30.3. The Kier molecular flexibility index (Phi) is 8.29. The van der Waals surface area contributed by atoms with E-state index in [4.69, 9.17) is 13.1 Å². The predicted octanol–water partition coefficient (Wildman–Crippen LogP) is 8.20. The average Bonchev–Trinajstić information content (AvgIpc) is 3.27. The summed E-state index contributed by atoms with van der Waals surface area (Å²) in [4.78, 5) is 15.5. The van der Waals surface area contributed by atoms with Gasteiger partial charge in [0.25, 0.3) is 10.1 Å². The quantitative estimate of drug-likeness (QED) is 0.218. The van der Waals surface area contributed by atoms with Crippen molar-refractivity contribution in [2.24, 2.45) is 16.7 Å². The lowest BCUT2D eigenvalue weighted by Gasteiger charge is -2.41. The van der Waals surface area contributed by atoms with E-state index in [1.54, 1.807) is 0 Å². The van der Waals surface area contributed by atoms with Gasteiger partial charge in [-0.2, -0.15) is 8.42 Å². The van der Waals surface area contributed by atoms with E-state index in [-0.39, 0.29) is 29.7 Å². The van der Waals surface area contributed by atoms with Crippen LogP contribution in [0.3, 0.4) is 0 Å². The molecule has 0 spiro atoms. The number of ketones is 1. The summed E-state index contributed by atoms with van der Waals surface area (Å²) in [5, 5.41) is 0. The van der Waals surface area contributed by atoms with E-state index in [2.05, 4.69) is 0 Å². The number of carbonyl (C=O) groups excluding carboxylic acids is 1. The Labute approximate surface area is 252 Å². The monoisotopic (exact) mass is 610 g/mol. The fourth-order valence-corrected chi connectivity index (χ4v) is 12.7. The maximum atomic E-state index is 14.4. The van der Waals surface area contributed by atoms with Crippen LogP contribution in [-0.4, -0.2) is 32.2 Å². The average molecular weight is 611 g/mol. The second-order valence-corrected chi connectivity index (χ2v) is 17.1. The lowest BCUT2D eigenvalue weighted by molar-refractivity contribution is -0.128. The smallest absolute Gasteiger partial charge is 0.278 e. The van der Waals surface area contributed by atoms with Gasteiger partial charge < -0.3 is 9.47 Å². The minimum atomic E-state index is -4.22. The highest BCUT2D eigenvalue weighted by molar-refractivity contribution is 8.33. The summed E-state index contributed by atoms with van der Waals surface area (Å²) in [7, 11) is -7.03. The second-order valence-electron chi connectivity index (χ2n) is 12.6. The van der Waals surface area contributed by atoms with Crippen LogP contribution in [0.2, 0.25) is 0 Å². The van der Waals surface area contributed by atoms with Crippen LogP contribution in [0.25, 0.3) is 0 Å². The van der Waals surface area contributed by atoms with E-state index >= 15 is 0 Å². The van der Waals surface area contributed by atoms with Crippen molar-refractivity contribution < 1.29 is 26.3 Å². The Morgan fingerprint density at radius 1 is 0.762 bits per heavy atom. The molecule has 0 amide bonds. The molecule has 0 N–H and O–H groups in total. The number of hydrogen-bond donors (Lipinski definition) is 0. The van der Waals surface area contributed by atoms with E-state index in [9.17, 15) is 13.2 Å². The first-order valence-corrected chi connectivity index (χ1v) is 17.8. The molecule has 2 aliphatic rings. The molecule has 2 saturated carbocycles. The third-order valence-corrected chi connectivity index (χ3v) is 14.2. The molecule has 0 heterocycles. The van der Waals surface area contributed by atoms with Crippen LogP contribution < -0.4 is 9.47 Å². The van der Waals surface area contributed by atoms with Gasteiger partial charge in [-0.25, -0.2) is 3.63 Å². The molecule has 0 aromatic heterocycles. The summed E-state index contributed by atoms with van der Waals surface area (Å²) >= 11 is 0. The van der Waals surface area contributed by atoms with Crippen molar-refractivity contribution in [3.63, 3.8) is 0 Å². The van der Waals surface area contributed by atoms with Crippen LogP contribution in [0.5, 0.6) is 11.5 Å². The fraction of sp³-hybridized carbons (Fsp3) is 0.441. The van der Waals surface area contributed by atoms with Crippen molar-refractivity contribution in [3.8, 4) is 11.5 Å². The summed E-state index contributed by atoms with van der Waals surface area (Å²) < 4.78 is 47.1. The van der Waals surface area contributed by atoms with E-state index < -0.39 is 31.3 Å². The van der Waals surface area contributed by atoms with Gasteiger partial charge in [0.2, 0.25) is 0 Å². The van der Waals surface area contributed by atoms with Gasteiger partial charge in [0, 0.05) is 21.1 Å². The van der Waals surface area contributed by atoms with Crippen LogP contribution >= 0.6 is 10.3 Å². The Hall–Kier alpha value is -2.81. The molecule has 5 rings (SSSR count). The van der Waals surface area contributed by atoms with Gasteiger partial charge in [-0.15, -0.1) is 0 Å². The molecular formula is C34H42O6S2. The number of benzene rings is 3. The number of fused-ring (bicyclic) bond motifs is 2. The molecule has 226 valence electrons. The Balaban J connectivity index is 1.67. The summed E-state index contributed by atoms with van der Waals surface area (Å²) in [5.74, 6) is 1.29. The first-order valence-electron chi connectivity index (χ1n) is 14.7. The fourth-order valence-electron chi connectivity index (χ4n) is 6.69. The molecule has 6 nitrogen and oxygen atoms in total. The van der Waals surface area contributed by atoms with Crippen molar-refractivity contribution in [2.75, 3.05) is 5.75 Å². The van der Waals surface area contributed by atoms with Gasteiger partial charge in [-0.3, -0.25) is 4.79 Å². The standard InChI is InChI=1S/C34H42O6S2/c1-24(2)38-27-12-16-30(17-13-27)42(29-10-8-7-9-11-29,31-18-14-28(15-19-31)39-25(3)4)40-41(36,37)23-34-21-20-26(22-32(34)35)33(34,5)6/h7-19,24-26H,20-23H2,1-6H3. The van der Waals surface area contributed by atoms with Crippen LogP contribution in [0.15, 0.2) is 93.5 Å². The lowest BCUT2D eigenvalue weighted by atomic mass is 9.70. The van der Waals surface area contributed by atoms with Crippen LogP contribution in [0.4, 0.5) is 0 Å². The van der Waals surface area contributed by atoms with Gasteiger partial charge in [0.15, 0.2) is 0 Å². The van der Waals surface area contributed by atoms with Crippen molar-refractivity contribution in [3.05, 3.63) is 78.9 Å². The van der Waals surface area contributed by atoms with E-state index in [0.29, 0.717) is 34.1 Å². The number of Topliss-reactive ketones (excluding diaryl/α,β-unsaturated/α-hetero) is 1. The molecule has 42 heavy (non-hydrogen) atoms. The Bertz CT molecular complexity index is 1460. The number of carbonyl (C=O) groups is 1. The highest BCUT2D eigenvalue weighted by Crippen LogP contribution is 2.71. The Morgan fingerprint density at radius 2 is 1.24 bits per heavy atom. The molecule has 3 aromatic carbocycles. The largest absolute Gasteiger partial charge is 0.491 e. The SMILES string of the molecule is CC(C)Oc1ccc(S(OS(=O)(=O)CC23CCC(CC2=O)C3(C)C)(c2ccccc2)c2ccc(OC(C)C)cc2)cc1. The third kappa shape index (κ3) is 5.49. The van der Waals surface area contributed by atoms with E-state index in [1.807, 2.05) is 120 Å². The topological polar surface area (TPSA) is 78.9 Å². The molecular weight excluding hydrogens is 569 g/mol. The summed E-state index contributed by atoms with van der Waals surface area (Å²) in [6, 6.07) is 24.5. The lowest BCUT2D eigenvalue weighted by Crippen LogP contribution is -2.42. The van der Waals surface area contributed by atoms with E-state index in [0.717, 1.165) is 11.3 Å². The summed E-state index contributed by atoms with van der Waals surface area (Å²) in [5.41, 5.74) is -1.35. The molecule has 3 aromatic rings. The maximum absolute atomic E-state index is 14.4. The first kappa shape index (κ1) is 30.6. The maximum Gasteiger partial charge on any atom is 0.278 e. The summed E-state index contributed by atoms with van der Waals surface area (Å²) in [6.07, 6.45) is 1.86. The normalized spacial score (nSPS) is 22.1. The Morgan fingerprint density at radius 3 is 1.64 bits per heavy atom. The molecule has 8 heteroatoms. The second kappa shape index (κ2) is 11.4. The molecule has 2 aliphatic carbocycles. The van der Waals surface area contributed by atoms with Crippen LogP contribution in [0.1, 0.15) is 60.8 Å². The molecule has 2 fully saturated rings.